The van der Waals surface area contributed by atoms with Crippen LogP contribution in [0, 0.1) is 0 Å². The van der Waals surface area contributed by atoms with Gasteiger partial charge in [-0.2, -0.15) is 0 Å². The van der Waals surface area contributed by atoms with Crippen molar-refractivity contribution in [3.8, 4) is 0 Å². The quantitative estimate of drug-likeness (QED) is 0.696. The fraction of sp³-hybridized carbons (Fsp3) is 0.727. The van der Waals surface area contributed by atoms with Crippen molar-refractivity contribution in [2.45, 2.75) is 12.8 Å². The second kappa shape index (κ2) is 9.65. The molecule has 1 aromatic rings. The van der Waals surface area contributed by atoms with Gasteiger partial charge < -0.3 is 14.4 Å². The Hall–Kier alpha value is -1.25. The second-order valence-electron chi connectivity index (χ2n) is 3.89. The van der Waals surface area contributed by atoms with Crippen molar-refractivity contribution < 1.29 is 14.3 Å². The number of hydrogen-bond donors (Lipinski definition) is 1. The summed E-state index contributed by atoms with van der Waals surface area (Å²) in [5.41, 5.74) is 0. The molecular formula is C11H20N4O3S. The predicted octanol–water partition coefficient (Wildman–Crippen LogP) is 1.45. The van der Waals surface area contributed by atoms with Gasteiger partial charge in [-0.05, 0) is 12.8 Å². The van der Waals surface area contributed by atoms with Gasteiger partial charge in [0.25, 0.3) is 0 Å². The normalized spacial score (nSPS) is 10.4. The molecule has 0 spiro atoms. The Kier molecular flexibility index (Phi) is 8.03. The summed E-state index contributed by atoms with van der Waals surface area (Å²) in [6, 6.07) is -0.141. The molecule has 0 aromatic carbocycles. The number of aromatic nitrogens is 2. The minimum atomic E-state index is -0.141. The molecule has 0 saturated heterocycles. The Morgan fingerprint density at radius 1 is 1.32 bits per heavy atom. The first-order valence-electron chi connectivity index (χ1n) is 6.09. The SMILES string of the molecule is COCCCN(CCCOC)C(=O)Nc1cnns1. The lowest BCUT2D eigenvalue weighted by molar-refractivity contribution is 0.159. The third-order valence-corrected chi connectivity index (χ3v) is 3.01. The number of amides is 2. The molecule has 0 aliphatic carbocycles. The molecule has 1 aromatic heterocycles. The predicted molar refractivity (Wildman–Crippen MR) is 73.5 cm³/mol. The van der Waals surface area contributed by atoms with Gasteiger partial charge in [0.15, 0.2) is 0 Å². The van der Waals surface area contributed by atoms with E-state index in [1.807, 2.05) is 0 Å². The molecule has 1 heterocycles. The minimum Gasteiger partial charge on any atom is -0.385 e. The van der Waals surface area contributed by atoms with Gasteiger partial charge in [-0.3, -0.25) is 5.32 Å². The van der Waals surface area contributed by atoms with Gasteiger partial charge in [-0.25, -0.2) is 4.79 Å². The van der Waals surface area contributed by atoms with Crippen LogP contribution in [-0.2, 0) is 9.47 Å². The third-order valence-electron chi connectivity index (χ3n) is 2.43. The molecule has 8 heteroatoms. The van der Waals surface area contributed by atoms with E-state index in [2.05, 4.69) is 14.9 Å². The highest BCUT2D eigenvalue weighted by Crippen LogP contribution is 2.10. The summed E-state index contributed by atoms with van der Waals surface area (Å²) in [7, 11) is 3.30. The average Bonchev–Trinajstić information content (AvgIpc) is 2.90. The Bertz CT molecular complexity index is 338. The molecule has 0 saturated carbocycles. The van der Waals surface area contributed by atoms with Crippen molar-refractivity contribution in [1.29, 1.82) is 0 Å². The first kappa shape index (κ1) is 15.8. The van der Waals surface area contributed by atoms with Crippen LogP contribution >= 0.6 is 11.5 Å². The number of methoxy groups -OCH3 is 2. The zero-order chi connectivity index (χ0) is 13.9. The van der Waals surface area contributed by atoms with E-state index in [0.717, 1.165) is 24.4 Å². The smallest absolute Gasteiger partial charge is 0.322 e. The standard InChI is InChI=1S/C11H20N4O3S/c1-17-7-3-5-15(6-4-8-18-2)11(16)13-10-9-12-14-19-10/h9H,3-8H2,1-2H3,(H,13,16). The van der Waals surface area contributed by atoms with Gasteiger partial charge in [-0.15, -0.1) is 5.10 Å². The van der Waals surface area contributed by atoms with Crippen molar-refractivity contribution in [3.63, 3.8) is 0 Å². The van der Waals surface area contributed by atoms with Crippen LogP contribution in [0.25, 0.3) is 0 Å². The molecule has 0 aliphatic heterocycles. The molecular weight excluding hydrogens is 268 g/mol. The number of carbonyl (C=O) groups excluding carboxylic acids is 1. The lowest BCUT2D eigenvalue weighted by Crippen LogP contribution is -2.37. The van der Waals surface area contributed by atoms with Crippen molar-refractivity contribution in [2.75, 3.05) is 45.8 Å². The van der Waals surface area contributed by atoms with Crippen LogP contribution in [0.15, 0.2) is 6.20 Å². The van der Waals surface area contributed by atoms with Crippen molar-refractivity contribution in [2.24, 2.45) is 0 Å². The zero-order valence-electron chi connectivity index (χ0n) is 11.3. The van der Waals surface area contributed by atoms with E-state index in [9.17, 15) is 4.79 Å². The van der Waals surface area contributed by atoms with Gasteiger partial charge in [-0.1, -0.05) is 4.49 Å². The van der Waals surface area contributed by atoms with E-state index in [4.69, 9.17) is 9.47 Å². The Morgan fingerprint density at radius 3 is 2.42 bits per heavy atom. The van der Waals surface area contributed by atoms with Crippen LogP contribution < -0.4 is 5.32 Å². The van der Waals surface area contributed by atoms with E-state index < -0.39 is 0 Å². The first-order chi connectivity index (χ1) is 9.27. The number of anilines is 1. The number of nitrogens with one attached hydrogen (secondary N) is 1. The van der Waals surface area contributed by atoms with Crippen molar-refractivity contribution >= 4 is 22.6 Å². The van der Waals surface area contributed by atoms with Gasteiger partial charge >= 0.3 is 6.03 Å². The van der Waals surface area contributed by atoms with Crippen LogP contribution in [0.3, 0.4) is 0 Å². The van der Waals surface area contributed by atoms with Gasteiger partial charge in [0.2, 0.25) is 0 Å². The van der Waals surface area contributed by atoms with E-state index in [-0.39, 0.29) is 6.03 Å². The van der Waals surface area contributed by atoms with E-state index in [0.29, 0.717) is 31.3 Å². The first-order valence-corrected chi connectivity index (χ1v) is 6.86. The largest absolute Gasteiger partial charge is 0.385 e. The summed E-state index contributed by atoms with van der Waals surface area (Å²) in [6.45, 7) is 2.57. The number of nitrogens with zero attached hydrogens (tertiary/aromatic N) is 3. The van der Waals surface area contributed by atoms with Crippen LogP contribution in [0.2, 0.25) is 0 Å². The number of rotatable bonds is 9. The molecule has 0 aliphatic rings. The molecule has 0 unspecified atom stereocenters. The molecule has 108 valence electrons. The monoisotopic (exact) mass is 288 g/mol. The van der Waals surface area contributed by atoms with Crippen LogP contribution in [0.5, 0.6) is 0 Å². The highest BCUT2D eigenvalue weighted by atomic mass is 32.1. The van der Waals surface area contributed by atoms with Crippen molar-refractivity contribution in [3.05, 3.63) is 6.20 Å². The molecule has 19 heavy (non-hydrogen) atoms. The lowest BCUT2D eigenvalue weighted by Gasteiger charge is -2.22. The summed E-state index contributed by atoms with van der Waals surface area (Å²) in [6.07, 6.45) is 3.14. The highest BCUT2D eigenvalue weighted by Gasteiger charge is 2.13. The van der Waals surface area contributed by atoms with Gasteiger partial charge in [0.1, 0.15) is 5.00 Å². The lowest BCUT2D eigenvalue weighted by atomic mass is 10.3. The van der Waals surface area contributed by atoms with Crippen molar-refractivity contribution in [1.82, 2.24) is 14.5 Å². The van der Waals surface area contributed by atoms with E-state index >= 15 is 0 Å². The number of carbonyl (C=O) groups is 1. The fourth-order valence-corrected chi connectivity index (χ4v) is 1.93. The summed E-state index contributed by atoms with van der Waals surface area (Å²) in [5, 5.41) is 7.10. The Labute approximate surface area is 117 Å². The summed E-state index contributed by atoms with van der Waals surface area (Å²) in [5.74, 6) is 0. The molecule has 0 atom stereocenters. The van der Waals surface area contributed by atoms with E-state index in [1.54, 1.807) is 19.1 Å². The Balaban J connectivity index is 2.42. The van der Waals surface area contributed by atoms with Gasteiger partial charge in [0.05, 0.1) is 6.20 Å². The average molecular weight is 288 g/mol. The summed E-state index contributed by atoms with van der Waals surface area (Å²) >= 11 is 1.16. The number of ether oxygens (including phenoxy) is 2. The van der Waals surface area contributed by atoms with Crippen LogP contribution in [-0.4, -0.2) is 61.0 Å². The summed E-state index contributed by atoms with van der Waals surface area (Å²) < 4.78 is 13.7. The fourth-order valence-electron chi connectivity index (χ4n) is 1.52. The molecule has 0 radical (unpaired) electrons. The highest BCUT2D eigenvalue weighted by molar-refractivity contribution is 7.10. The van der Waals surface area contributed by atoms with E-state index in [1.165, 1.54) is 6.20 Å². The molecule has 7 nitrogen and oxygen atoms in total. The zero-order valence-corrected chi connectivity index (χ0v) is 12.1. The second-order valence-corrected chi connectivity index (χ2v) is 4.68. The maximum Gasteiger partial charge on any atom is 0.322 e. The molecule has 0 bridgehead atoms. The molecule has 1 rings (SSSR count). The third kappa shape index (κ3) is 6.46. The van der Waals surface area contributed by atoms with Gasteiger partial charge in [0, 0.05) is 52.1 Å². The van der Waals surface area contributed by atoms with Crippen LogP contribution in [0.1, 0.15) is 12.8 Å². The number of hydrogen-bond acceptors (Lipinski definition) is 6. The minimum absolute atomic E-state index is 0.141. The van der Waals surface area contributed by atoms with Crippen LogP contribution in [0.4, 0.5) is 9.80 Å². The molecule has 1 N–H and O–H groups in total. The molecule has 0 fully saturated rings. The topological polar surface area (TPSA) is 76.6 Å². The summed E-state index contributed by atoms with van der Waals surface area (Å²) in [4.78, 5) is 13.8. The maximum absolute atomic E-state index is 12.1. The molecule has 2 amide bonds. The maximum atomic E-state index is 12.1. The number of urea groups is 1. The Morgan fingerprint density at radius 2 is 1.95 bits per heavy atom.